The number of hydrogen-bond donors (Lipinski definition) is 0. The zero-order valence-electron chi connectivity index (χ0n) is 5.41. The molecule has 2 heteroatoms. The summed E-state index contributed by atoms with van der Waals surface area (Å²) in [5.74, 6) is 0. The van der Waals surface area contributed by atoms with E-state index in [-0.39, 0.29) is 0 Å². The lowest BCUT2D eigenvalue weighted by molar-refractivity contribution is 0.986. The average molecular weight is 121 g/mol. The summed E-state index contributed by atoms with van der Waals surface area (Å²) in [4.78, 5) is 0. The second-order valence-corrected chi connectivity index (χ2v) is 1.86. The van der Waals surface area contributed by atoms with Crippen molar-refractivity contribution in [3.8, 4) is 0 Å². The first kappa shape index (κ1) is 6.20. The van der Waals surface area contributed by atoms with Crippen molar-refractivity contribution in [2.45, 2.75) is 13.3 Å². The number of hydrogen-bond acceptors (Lipinski definition) is 2. The van der Waals surface area contributed by atoms with Crippen LogP contribution in [0.3, 0.4) is 0 Å². The van der Waals surface area contributed by atoms with Crippen LogP contribution in [0.25, 0.3) is 0 Å². The first-order chi connectivity index (χ1) is 4.43. The fourth-order valence-corrected chi connectivity index (χ4v) is 0.675. The molecule has 0 saturated heterocycles. The normalized spacial score (nSPS) is 9.44. The molecule has 0 aromatic carbocycles. The lowest BCUT2D eigenvalue weighted by atomic mass is 10.2. The molecular weight excluding hydrogens is 112 g/mol. The predicted octanol–water partition coefficient (Wildman–Crippen LogP) is 1.24. The molecule has 1 aromatic heterocycles. The van der Waals surface area contributed by atoms with Gasteiger partial charge in [-0.2, -0.15) is 10.2 Å². The Bertz CT molecular complexity index is 160. The first-order valence-corrected chi connectivity index (χ1v) is 2.97. The zero-order valence-corrected chi connectivity index (χ0v) is 5.41. The summed E-state index contributed by atoms with van der Waals surface area (Å²) in [6.07, 6.45) is 6.56. The molecule has 0 amide bonds. The highest BCUT2D eigenvalue weighted by molar-refractivity contribution is 5.07. The molecule has 1 aromatic rings. The van der Waals surface area contributed by atoms with Gasteiger partial charge in [0.25, 0.3) is 0 Å². The van der Waals surface area contributed by atoms with Gasteiger partial charge in [0.05, 0.1) is 6.20 Å². The lowest BCUT2D eigenvalue weighted by Crippen LogP contribution is -1.85. The molecule has 2 nitrogen and oxygen atoms in total. The van der Waals surface area contributed by atoms with Gasteiger partial charge in [-0.05, 0) is 24.5 Å². The van der Waals surface area contributed by atoms with Gasteiger partial charge >= 0.3 is 0 Å². The molecule has 9 heavy (non-hydrogen) atoms. The molecular formula is C7H9N2. The van der Waals surface area contributed by atoms with Crippen LogP contribution >= 0.6 is 0 Å². The SMILES string of the molecule is C[CH]Cc1ccnnc1. The fraction of sp³-hybridized carbons (Fsp3) is 0.286. The Balaban J connectivity index is 2.61. The largest absolute Gasteiger partial charge is 0.159 e. The fourth-order valence-electron chi connectivity index (χ4n) is 0.675. The summed E-state index contributed by atoms with van der Waals surface area (Å²) in [5.41, 5.74) is 1.22. The van der Waals surface area contributed by atoms with E-state index < -0.39 is 0 Å². The maximum Gasteiger partial charge on any atom is 0.0528 e. The molecule has 0 aliphatic heterocycles. The molecule has 0 aliphatic carbocycles. The minimum absolute atomic E-state index is 0.982. The van der Waals surface area contributed by atoms with Crippen molar-refractivity contribution >= 4 is 0 Å². The summed E-state index contributed by atoms with van der Waals surface area (Å²) >= 11 is 0. The van der Waals surface area contributed by atoms with Gasteiger partial charge < -0.3 is 0 Å². The molecule has 0 atom stereocenters. The Morgan fingerprint density at radius 3 is 3.00 bits per heavy atom. The lowest BCUT2D eigenvalue weighted by Gasteiger charge is -1.91. The minimum Gasteiger partial charge on any atom is -0.159 e. The van der Waals surface area contributed by atoms with Crippen molar-refractivity contribution in [3.05, 3.63) is 30.4 Å². The molecule has 1 heterocycles. The highest BCUT2D eigenvalue weighted by Gasteiger charge is 1.86. The van der Waals surface area contributed by atoms with E-state index in [0.717, 1.165) is 6.42 Å². The zero-order chi connectivity index (χ0) is 6.53. The molecule has 0 unspecified atom stereocenters. The summed E-state index contributed by atoms with van der Waals surface area (Å²) < 4.78 is 0. The smallest absolute Gasteiger partial charge is 0.0528 e. The third-order valence-electron chi connectivity index (χ3n) is 1.09. The molecule has 0 saturated carbocycles. The van der Waals surface area contributed by atoms with Crippen LogP contribution in [-0.4, -0.2) is 10.2 Å². The van der Waals surface area contributed by atoms with Crippen LogP contribution in [0.1, 0.15) is 12.5 Å². The quantitative estimate of drug-likeness (QED) is 0.588. The standard InChI is InChI=1S/C7H9N2/c1-2-3-7-4-5-8-9-6-7/h2,4-6H,3H2,1H3. The van der Waals surface area contributed by atoms with Crippen molar-refractivity contribution in [2.24, 2.45) is 0 Å². The Hall–Kier alpha value is -0.920. The van der Waals surface area contributed by atoms with Crippen molar-refractivity contribution in [1.29, 1.82) is 0 Å². The van der Waals surface area contributed by atoms with Crippen LogP contribution in [0.15, 0.2) is 18.5 Å². The molecule has 0 spiro atoms. The summed E-state index contributed by atoms with van der Waals surface area (Å²) in [7, 11) is 0. The second kappa shape index (κ2) is 3.17. The van der Waals surface area contributed by atoms with Gasteiger partial charge in [-0.3, -0.25) is 0 Å². The summed E-state index contributed by atoms with van der Waals surface area (Å²) in [6.45, 7) is 2.03. The number of nitrogens with zero attached hydrogens (tertiary/aromatic N) is 2. The molecule has 0 fully saturated rings. The van der Waals surface area contributed by atoms with Crippen molar-refractivity contribution in [2.75, 3.05) is 0 Å². The highest BCUT2D eigenvalue weighted by atomic mass is 15.1. The van der Waals surface area contributed by atoms with Gasteiger partial charge in [-0.15, -0.1) is 0 Å². The Labute approximate surface area is 54.9 Å². The first-order valence-electron chi connectivity index (χ1n) is 2.97. The van der Waals surface area contributed by atoms with Gasteiger partial charge in [0.1, 0.15) is 0 Å². The monoisotopic (exact) mass is 121 g/mol. The molecule has 1 rings (SSSR count). The molecule has 0 N–H and O–H groups in total. The average Bonchev–Trinajstić information content (AvgIpc) is 1.91. The van der Waals surface area contributed by atoms with E-state index in [1.165, 1.54) is 5.56 Å². The van der Waals surface area contributed by atoms with Crippen LogP contribution < -0.4 is 0 Å². The Morgan fingerprint density at radius 2 is 2.44 bits per heavy atom. The summed E-state index contributed by atoms with van der Waals surface area (Å²) in [5, 5.41) is 7.40. The van der Waals surface area contributed by atoms with Crippen molar-refractivity contribution in [3.63, 3.8) is 0 Å². The van der Waals surface area contributed by atoms with E-state index in [2.05, 4.69) is 16.6 Å². The highest BCUT2D eigenvalue weighted by Crippen LogP contribution is 1.96. The third kappa shape index (κ3) is 1.80. The van der Waals surface area contributed by atoms with Crippen LogP contribution in [0, 0.1) is 6.42 Å². The summed E-state index contributed by atoms with van der Waals surface area (Å²) in [6, 6.07) is 1.97. The van der Waals surface area contributed by atoms with E-state index in [4.69, 9.17) is 0 Å². The van der Waals surface area contributed by atoms with Gasteiger partial charge in [0.2, 0.25) is 0 Å². The van der Waals surface area contributed by atoms with E-state index in [1.807, 2.05) is 13.0 Å². The third-order valence-corrected chi connectivity index (χ3v) is 1.09. The van der Waals surface area contributed by atoms with Crippen LogP contribution in [-0.2, 0) is 6.42 Å². The maximum absolute atomic E-state index is 3.73. The van der Waals surface area contributed by atoms with Gasteiger partial charge in [-0.25, -0.2) is 0 Å². The van der Waals surface area contributed by atoms with Crippen LogP contribution in [0.4, 0.5) is 0 Å². The Kier molecular flexibility index (Phi) is 2.19. The molecule has 47 valence electrons. The van der Waals surface area contributed by atoms with Crippen molar-refractivity contribution in [1.82, 2.24) is 10.2 Å². The predicted molar refractivity (Wildman–Crippen MR) is 35.7 cm³/mol. The molecule has 0 bridgehead atoms. The van der Waals surface area contributed by atoms with Gasteiger partial charge in [0, 0.05) is 6.20 Å². The van der Waals surface area contributed by atoms with E-state index in [1.54, 1.807) is 12.4 Å². The van der Waals surface area contributed by atoms with E-state index in [9.17, 15) is 0 Å². The molecule has 0 aliphatic rings. The number of rotatable bonds is 2. The minimum atomic E-state index is 0.982. The van der Waals surface area contributed by atoms with Gasteiger partial charge in [0.15, 0.2) is 0 Å². The van der Waals surface area contributed by atoms with Crippen LogP contribution in [0.5, 0.6) is 0 Å². The number of aromatic nitrogens is 2. The topological polar surface area (TPSA) is 25.8 Å². The van der Waals surface area contributed by atoms with E-state index in [0.29, 0.717) is 0 Å². The van der Waals surface area contributed by atoms with Gasteiger partial charge in [-0.1, -0.05) is 6.92 Å². The van der Waals surface area contributed by atoms with Crippen molar-refractivity contribution < 1.29 is 0 Å². The second-order valence-electron chi connectivity index (χ2n) is 1.86. The maximum atomic E-state index is 3.73. The van der Waals surface area contributed by atoms with E-state index >= 15 is 0 Å². The van der Waals surface area contributed by atoms with Crippen LogP contribution in [0.2, 0.25) is 0 Å². The molecule has 1 radical (unpaired) electrons. The Morgan fingerprint density at radius 1 is 1.56 bits per heavy atom.